The Bertz CT molecular complexity index is 792. The maximum atomic E-state index is 11.7. The van der Waals surface area contributed by atoms with Crippen molar-refractivity contribution in [2.75, 3.05) is 18.1 Å². The van der Waals surface area contributed by atoms with Crippen LogP contribution in [-0.4, -0.2) is 42.3 Å². The molecule has 1 N–H and O–H groups in total. The molecule has 3 heterocycles. The van der Waals surface area contributed by atoms with Gasteiger partial charge in [-0.3, -0.25) is 0 Å². The molecule has 1 saturated heterocycles. The van der Waals surface area contributed by atoms with E-state index in [-0.39, 0.29) is 17.5 Å². The zero-order valence-electron chi connectivity index (χ0n) is 12.2. The number of aromatic nitrogens is 2. The van der Waals surface area contributed by atoms with Gasteiger partial charge in [0.05, 0.1) is 17.2 Å². The number of nitrogens with zero attached hydrogens (tertiary/aromatic N) is 2. The van der Waals surface area contributed by atoms with Gasteiger partial charge in [-0.1, -0.05) is 6.07 Å². The van der Waals surface area contributed by atoms with Crippen LogP contribution in [-0.2, 0) is 16.5 Å². The van der Waals surface area contributed by atoms with E-state index in [4.69, 9.17) is 16.6 Å². The number of hydrogen-bond donors (Lipinski definition) is 1. The Balaban J connectivity index is 1.78. The third-order valence-electron chi connectivity index (χ3n) is 3.95. The molecule has 9 heteroatoms. The lowest BCUT2D eigenvalue weighted by molar-refractivity contribution is -0.943. The average molecular weight is 361 g/mol. The maximum Gasteiger partial charge on any atom is 0.292 e. The number of thiophene rings is 1. The molecule has 120 valence electrons. The number of quaternary nitrogens is 1. The van der Waals surface area contributed by atoms with Crippen LogP contribution < -0.4 is 4.90 Å². The number of hydrogen-bond acceptors (Lipinski definition) is 6. The molecule has 2 aromatic heterocycles. The Morgan fingerprint density at radius 1 is 1.59 bits per heavy atom. The molecule has 0 amide bonds. The molecule has 0 aromatic carbocycles. The van der Waals surface area contributed by atoms with Crippen LogP contribution in [0.15, 0.2) is 21.9 Å². The molecule has 3 rings (SSSR count). The molecule has 0 spiro atoms. The quantitative estimate of drug-likeness (QED) is 0.805. The Labute approximate surface area is 138 Å². The monoisotopic (exact) mass is 360 g/mol. The zero-order chi connectivity index (χ0) is 15.7. The van der Waals surface area contributed by atoms with Crippen molar-refractivity contribution < 1.29 is 17.7 Å². The first kappa shape index (κ1) is 15.9. The topological polar surface area (TPSA) is 69.5 Å². The van der Waals surface area contributed by atoms with Gasteiger partial charge in [-0.2, -0.15) is 4.68 Å². The van der Waals surface area contributed by atoms with E-state index in [2.05, 4.69) is 5.10 Å². The van der Waals surface area contributed by atoms with Crippen LogP contribution in [0.25, 0.3) is 10.8 Å². The van der Waals surface area contributed by atoms with Crippen LogP contribution in [0, 0.1) is 4.84 Å². The molecule has 0 saturated carbocycles. The third-order valence-corrected chi connectivity index (χ3v) is 6.87. The fraction of sp³-hybridized carbons (Fsp3) is 0.538. The first-order valence-electron chi connectivity index (χ1n) is 7.15. The van der Waals surface area contributed by atoms with Crippen molar-refractivity contribution in [2.24, 2.45) is 0 Å². The van der Waals surface area contributed by atoms with Gasteiger partial charge in [-0.15, -0.1) is 16.4 Å². The van der Waals surface area contributed by atoms with Gasteiger partial charge in [-0.25, -0.2) is 8.42 Å². The maximum absolute atomic E-state index is 11.7. The standard InChI is InChI=1S/C13H17N3O3S3/c1-2-15(10-5-7-22(17,18)8-10)9-16-13(20)19-12(14-16)11-4-3-6-21-11/h3-4,6,10H,2,5,7-9H2,1H3/p+1/t10-/m0/s1. The van der Waals surface area contributed by atoms with Gasteiger partial charge < -0.3 is 9.32 Å². The second-order valence-electron chi connectivity index (χ2n) is 5.42. The second kappa shape index (κ2) is 6.23. The smallest absolute Gasteiger partial charge is 0.292 e. The van der Waals surface area contributed by atoms with Crippen molar-refractivity contribution in [3.8, 4) is 10.8 Å². The van der Waals surface area contributed by atoms with Gasteiger partial charge >= 0.3 is 0 Å². The first-order valence-corrected chi connectivity index (χ1v) is 10.3. The average Bonchev–Trinajstić information content (AvgIpc) is 3.17. The fourth-order valence-electron chi connectivity index (χ4n) is 2.74. The molecule has 1 aliphatic heterocycles. The first-order chi connectivity index (χ1) is 10.5. The van der Waals surface area contributed by atoms with E-state index in [0.29, 0.717) is 23.8 Å². The lowest BCUT2D eigenvalue weighted by Crippen LogP contribution is -3.15. The number of nitrogens with one attached hydrogen (secondary N) is 1. The highest BCUT2D eigenvalue weighted by molar-refractivity contribution is 7.91. The van der Waals surface area contributed by atoms with Crippen molar-refractivity contribution in [1.29, 1.82) is 0 Å². The highest BCUT2D eigenvalue weighted by Gasteiger charge is 2.35. The Hall–Kier alpha value is -1.03. The van der Waals surface area contributed by atoms with E-state index in [1.165, 1.54) is 4.90 Å². The van der Waals surface area contributed by atoms with Crippen LogP contribution in [0.5, 0.6) is 0 Å². The van der Waals surface area contributed by atoms with Crippen LogP contribution in [0.1, 0.15) is 13.3 Å². The summed E-state index contributed by atoms with van der Waals surface area (Å²) in [5.74, 6) is 1.06. The van der Waals surface area contributed by atoms with Gasteiger partial charge in [0, 0.05) is 6.42 Å². The SMILES string of the molecule is CC[NH+](Cn1nc(-c2cccs2)oc1=S)[C@H]1CCS(=O)(=O)C1. The molecule has 2 aromatic rings. The molecular formula is C13H18N3O3S3+. The van der Waals surface area contributed by atoms with Gasteiger partial charge in [0.15, 0.2) is 16.5 Å². The summed E-state index contributed by atoms with van der Waals surface area (Å²) in [7, 11) is -2.88. The predicted molar refractivity (Wildman–Crippen MR) is 87.2 cm³/mol. The predicted octanol–water partition coefficient (Wildman–Crippen LogP) is 0.983. The molecule has 2 atom stereocenters. The van der Waals surface area contributed by atoms with Gasteiger partial charge in [-0.05, 0) is 30.6 Å². The molecule has 1 aliphatic rings. The number of sulfone groups is 1. The van der Waals surface area contributed by atoms with E-state index in [1.807, 2.05) is 24.4 Å². The Morgan fingerprint density at radius 2 is 2.41 bits per heavy atom. The Kier molecular flexibility index (Phi) is 4.49. The lowest BCUT2D eigenvalue weighted by Gasteiger charge is -2.22. The Morgan fingerprint density at radius 3 is 3.00 bits per heavy atom. The summed E-state index contributed by atoms with van der Waals surface area (Å²) in [6.07, 6.45) is 0.703. The van der Waals surface area contributed by atoms with Crippen LogP contribution in [0.2, 0.25) is 0 Å². The van der Waals surface area contributed by atoms with E-state index in [0.717, 1.165) is 11.4 Å². The summed E-state index contributed by atoms with van der Waals surface area (Å²) < 4.78 is 30.5. The van der Waals surface area contributed by atoms with Gasteiger partial charge in [0.1, 0.15) is 11.8 Å². The molecule has 0 bridgehead atoms. The fourth-order valence-corrected chi connectivity index (χ4v) is 5.40. The molecule has 22 heavy (non-hydrogen) atoms. The van der Waals surface area contributed by atoms with Crippen molar-refractivity contribution in [1.82, 2.24) is 9.78 Å². The van der Waals surface area contributed by atoms with Crippen molar-refractivity contribution >= 4 is 33.4 Å². The molecule has 6 nitrogen and oxygen atoms in total. The highest BCUT2D eigenvalue weighted by Crippen LogP contribution is 2.22. The molecule has 1 unspecified atom stereocenters. The molecule has 0 radical (unpaired) electrons. The van der Waals surface area contributed by atoms with Crippen LogP contribution >= 0.6 is 23.6 Å². The zero-order valence-corrected chi connectivity index (χ0v) is 14.6. The largest absolute Gasteiger partial charge is 0.408 e. The summed E-state index contributed by atoms with van der Waals surface area (Å²) in [5.41, 5.74) is 0. The third kappa shape index (κ3) is 3.32. The van der Waals surface area contributed by atoms with E-state index in [1.54, 1.807) is 16.0 Å². The van der Waals surface area contributed by atoms with Crippen molar-refractivity contribution in [3.63, 3.8) is 0 Å². The summed E-state index contributed by atoms with van der Waals surface area (Å²) in [5, 5.41) is 6.39. The van der Waals surface area contributed by atoms with Gasteiger partial charge in [0.2, 0.25) is 0 Å². The lowest BCUT2D eigenvalue weighted by atomic mass is 10.2. The molecular weight excluding hydrogens is 342 g/mol. The second-order valence-corrected chi connectivity index (χ2v) is 8.95. The van der Waals surface area contributed by atoms with Crippen molar-refractivity contribution in [2.45, 2.75) is 26.1 Å². The van der Waals surface area contributed by atoms with Crippen LogP contribution in [0.4, 0.5) is 0 Å². The van der Waals surface area contributed by atoms with E-state index >= 15 is 0 Å². The van der Waals surface area contributed by atoms with Crippen LogP contribution in [0.3, 0.4) is 0 Å². The summed E-state index contributed by atoms with van der Waals surface area (Å²) in [6, 6.07) is 3.98. The minimum absolute atomic E-state index is 0.110. The minimum atomic E-state index is -2.88. The summed E-state index contributed by atoms with van der Waals surface area (Å²) >= 11 is 6.79. The number of rotatable bonds is 5. The van der Waals surface area contributed by atoms with Crippen molar-refractivity contribution in [3.05, 3.63) is 22.4 Å². The van der Waals surface area contributed by atoms with E-state index < -0.39 is 9.84 Å². The summed E-state index contributed by atoms with van der Waals surface area (Å²) in [4.78, 5) is 2.43. The summed E-state index contributed by atoms with van der Waals surface area (Å²) in [6.45, 7) is 3.40. The normalized spacial score (nSPS) is 22.0. The highest BCUT2D eigenvalue weighted by atomic mass is 32.2. The molecule has 0 aliphatic carbocycles. The van der Waals surface area contributed by atoms with Gasteiger partial charge in [0.25, 0.3) is 10.7 Å². The molecule has 1 fully saturated rings. The minimum Gasteiger partial charge on any atom is -0.408 e. The van der Waals surface area contributed by atoms with E-state index in [9.17, 15) is 8.42 Å².